The molecule has 14 heavy (non-hydrogen) atoms. The molecule has 0 aromatic heterocycles. The fourth-order valence-electron chi connectivity index (χ4n) is 0.865. The van der Waals surface area contributed by atoms with Crippen LogP contribution in [0.3, 0.4) is 0 Å². The molecule has 0 aliphatic rings. The average molecular weight is 203 g/mol. The molecular weight excluding hydrogens is 199 g/mol. The molecule has 0 atom stereocenters. The molecule has 0 unspecified atom stereocenters. The summed E-state index contributed by atoms with van der Waals surface area (Å²) in [5.41, 5.74) is 6.58. The number of alkyl halides is 3. The molecule has 74 valence electrons. The number of hydrogen-bond donors (Lipinski definition) is 1. The molecular formula is C7H4F3N3O. The summed E-state index contributed by atoms with van der Waals surface area (Å²) in [6.07, 6.45) is -4.66. The minimum atomic E-state index is -4.66. The lowest BCUT2D eigenvalue weighted by Gasteiger charge is -2.08. The fraction of sp³-hybridized carbons (Fsp3) is 0.143. The summed E-state index contributed by atoms with van der Waals surface area (Å²) in [5, 5.41) is 11.9. The van der Waals surface area contributed by atoms with Gasteiger partial charge in [-0.2, -0.15) is 13.2 Å². The van der Waals surface area contributed by atoms with Gasteiger partial charge in [-0.05, 0) is 23.7 Å². The summed E-state index contributed by atoms with van der Waals surface area (Å²) >= 11 is 0. The third kappa shape index (κ3) is 2.08. The third-order valence-electron chi connectivity index (χ3n) is 1.45. The minimum absolute atomic E-state index is 0.197. The van der Waals surface area contributed by atoms with Gasteiger partial charge in [-0.25, -0.2) is 0 Å². The van der Waals surface area contributed by atoms with E-state index in [4.69, 9.17) is 10.6 Å². The van der Waals surface area contributed by atoms with Crippen molar-refractivity contribution < 1.29 is 18.3 Å². The zero-order valence-corrected chi connectivity index (χ0v) is 6.65. The molecule has 1 N–H and O–H groups in total. The van der Waals surface area contributed by atoms with Crippen molar-refractivity contribution in [2.24, 2.45) is 5.11 Å². The van der Waals surface area contributed by atoms with Crippen LogP contribution in [-0.4, -0.2) is 5.11 Å². The molecule has 0 spiro atoms. The highest BCUT2D eigenvalue weighted by Crippen LogP contribution is 2.37. The van der Waals surface area contributed by atoms with Gasteiger partial charge >= 0.3 is 6.18 Å². The van der Waals surface area contributed by atoms with Crippen LogP contribution in [0.15, 0.2) is 23.3 Å². The number of nitrogens with zero attached hydrogens (tertiary/aromatic N) is 3. The van der Waals surface area contributed by atoms with E-state index < -0.39 is 17.5 Å². The van der Waals surface area contributed by atoms with E-state index in [1.165, 1.54) is 0 Å². The zero-order valence-electron chi connectivity index (χ0n) is 6.65. The Morgan fingerprint density at radius 1 is 1.36 bits per heavy atom. The first-order valence-corrected chi connectivity index (χ1v) is 3.40. The number of hydrogen-bond acceptors (Lipinski definition) is 2. The van der Waals surface area contributed by atoms with Crippen molar-refractivity contribution in [2.45, 2.75) is 6.18 Å². The molecule has 0 amide bonds. The number of phenols is 1. The Morgan fingerprint density at radius 2 is 2.00 bits per heavy atom. The summed E-state index contributed by atoms with van der Waals surface area (Å²) in [4.78, 5) is 2.33. The molecule has 0 saturated heterocycles. The van der Waals surface area contributed by atoms with Crippen LogP contribution in [0.5, 0.6) is 5.75 Å². The zero-order chi connectivity index (χ0) is 10.8. The van der Waals surface area contributed by atoms with E-state index in [2.05, 4.69) is 10.0 Å². The predicted molar refractivity (Wildman–Crippen MR) is 41.9 cm³/mol. The van der Waals surface area contributed by atoms with Crippen molar-refractivity contribution >= 4 is 5.69 Å². The highest BCUT2D eigenvalue weighted by Gasteiger charge is 2.33. The van der Waals surface area contributed by atoms with Crippen LogP contribution in [0.1, 0.15) is 5.56 Å². The quantitative estimate of drug-likeness (QED) is 0.424. The molecule has 0 heterocycles. The minimum Gasteiger partial charge on any atom is -0.507 e. The van der Waals surface area contributed by atoms with Crippen LogP contribution in [0.25, 0.3) is 10.4 Å². The van der Waals surface area contributed by atoms with Crippen molar-refractivity contribution in [3.8, 4) is 5.75 Å². The third-order valence-corrected chi connectivity index (χ3v) is 1.45. The van der Waals surface area contributed by atoms with Crippen LogP contribution in [0, 0.1) is 0 Å². The fourth-order valence-corrected chi connectivity index (χ4v) is 0.865. The van der Waals surface area contributed by atoms with Crippen molar-refractivity contribution in [3.05, 3.63) is 34.2 Å². The summed E-state index contributed by atoms with van der Waals surface area (Å²) in [6.45, 7) is 0. The van der Waals surface area contributed by atoms with Crippen LogP contribution in [0.2, 0.25) is 0 Å². The van der Waals surface area contributed by atoms with E-state index >= 15 is 0 Å². The van der Waals surface area contributed by atoms with E-state index in [0.29, 0.717) is 6.07 Å². The van der Waals surface area contributed by atoms with E-state index in [1.54, 1.807) is 0 Å². The van der Waals surface area contributed by atoms with Gasteiger partial charge in [0.05, 0.1) is 5.56 Å². The van der Waals surface area contributed by atoms with Crippen molar-refractivity contribution in [1.29, 1.82) is 0 Å². The SMILES string of the molecule is [N-]=[N+]=Nc1ccc(O)c(C(F)(F)F)c1. The van der Waals surface area contributed by atoms with Gasteiger partial charge in [-0.15, -0.1) is 0 Å². The van der Waals surface area contributed by atoms with Crippen molar-refractivity contribution in [2.75, 3.05) is 0 Å². The van der Waals surface area contributed by atoms with E-state index in [0.717, 1.165) is 12.1 Å². The molecule has 1 aromatic carbocycles. The van der Waals surface area contributed by atoms with Gasteiger partial charge in [0.1, 0.15) is 5.75 Å². The first-order chi connectivity index (χ1) is 6.45. The van der Waals surface area contributed by atoms with Gasteiger partial charge in [0.15, 0.2) is 0 Å². The van der Waals surface area contributed by atoms with E-state index in [-0.39, 0.29) is 5.69 Å². The van der Waals surface area contributed by atoms with Crippen LogP contribution >= 0.6 is 0 Å². The lowest BCUT2D eigenvalue weighted by molar-refractivity contribution is -0.138. The average Bonchev–Trinajstić information content (AvgIpc) is 2.07. The first-order valence-electron chi connectivity index (χ1n) is 3.40. The molecule has 1 aromatic rings. The van der Waals surface area contributed by atoms with Gasteiger partial charge < -0.3 is 5.11 Å². The summed E-state index contributed by atoms with van der Waals surface area (Å²) in [6, 6.07) is 2.49. The van der Waals surface area contributed by atoms with E-state index in [9.17, 15) is 13.2 Å². The predicted octanol–water partition coefficient (Wildman–Crippen LogP) is 3.35. The maximum atomic E-state index is 12.2. The van der Waals surface area contributed by atoms with Crippen molar-refractivity contribution in [3.63, 3.8) is 0 Å². The highest BCUT2D eigenvalue weighted by atomic mass is 19.4. The van der Waals surface area contributed by atoms with Gasteiger partial charge in [0.25, 0.3) is 0 Å². The number of phenolic OH excluding ortho intramolecular Hbond substituents is 1. The van der Waals surface area contributed by atoms with Crippen molar-refractivity contribution in [1.82, 2.24) is 0 Å². The van der Waals surface area contributed by atoms with Gasteiger partial charge in [-0.1, -0.05) is 5.11 Å². The number of azide groups is 1. The number of aromatic hydroxyl groups is 1. The second-order valence-corrected chi connectivity index (χ2v) is 2.39. The standard InChI is InChI=1S/C7H4F3N3O/c8-7(9,10)5-3-4(12-13-11)1-2-6(5)14/h1-3,14H. The van der Waals surface area contributed by atoms with Gasteiger partial charge in [0, 0.05) is 10.6 Å². The molecule has 0 radical (unpaired) electrons. The smallest absolute Gasteiger partial charge is 0.419 e. The normalized spacial score (nSPS) is 10.8. The topological polar surface area (TPSA) is 69.0 Å². The number of benzene rings is 1. The Labute approximate surface area is 76.2 Å². The summed E-state index contributed by atoms with van der Waals surface area (Å²) in [5.74, 6) is -0.894. The number of halogens is 3. The Hall–Kier alpha value is -1.88. The molecule has 1 rings (SSSR count). The molecule has 0 saturated carbocycles. The Bertz CT molecular complexity index is 396. The summed E-state index contributed by atoms with van der Waals surface area (Å²) < 4.78 is 36.5. The Balaban J connectivity index is 3.28. The highest BCUT2D eigenvalue weighted by molar-refractivity contribution is 5.47. The van der Waals surface area contributed by atoms with Crippen LogP contribution < -0.4 is 0 Å². The summed E-state index contributed by atoms with van der Waals surface area (Å²) in [7, 11) is 0. The lowest BCUT2D eigenvalue weighted by Crippen LogP contribution is -2.04. The van der Waals surface area contributed by atoms with Crippen LogP contribution in [-0.2, 0) is 6.18 Å². The molecule has 4 nitrogen and oxygen atoms in total. The molecule has 0 aliphatic heterocycles. The molecule has 0 bridgehead atoms. The van der Waals surface area contributed by atoms with Gasteiger partial charge in [0.2, 0.25) is 0 Å². The van der Waals surface area contributed by atoms with E-state index in [1.807, 2.05) is 0 Å². The monoisotopic (exact) mass is 203 g/mol. The maximum absolute atomic E-state index is 12.2. The molecule has 7 heteroatoms. The second-order valence-electron chi connectivity index (χ2n) is 2.39. The largest absolute Gasteiger partial charge is 0.507 e. The Morgan fingerprint density at radius 3 is 2.50 bits per heavy atom. The van der Waals surface area contributed by atoms with Gasteiger partial charge in [-0.3, -0.25) is 0 Å². The molecule has 0 fully saturated rings. The second kappa shape index (κ2) is 3.47. The number of rotatable bonds is 1. The Kier molecular flexibility index (Phi) is 2.53. The molecule has 0 aliphatic carbocycles. The maximum Gasteiger partial charge on any atom is 0.419 e. The lowest BCUT2D eigenvalue weighted by atomic mass is 10.2. The first kappa shape index (κ1) is 10.2. The van der Waals surface area contributed by atoms with Crippen LogP contribution in [0.4, 0.5) is 18.9 Å².